The summed E-state index contributed by atoms with van der Waals surface area (Å²) in [6.45, 7) is 1.89. The van der Waals surface area contributed by atoms with Crippen LogP contribution in [-0.4, -0.2) is 14.1 Å². The van der Waals surface area contributed by atoms with Crippen LogP contribution in [0.3, 0.4) is 0 Å². The maximum absolute atomic E-state index is 10.1. The van der Waals surface area contributed by atoms with E-state index >= 15 is 0 Å². The van der Waals surface area contributed by atoms with Crippen LogP contribution in [0.1, 0.15) is 15.2 Å². The fraction of sp³-hybridized carbons (Fsp3) is 0.167. The van der Waals surface area contributed by atoms with Crippen molar-refractivity contribution >= 4 is 30.2 Å². The number of aryl methyl sites for hydroxylation is 1. The van der Waals surface area contributed by atoms with Crippen molar-refractivity contribution in [2.24, 2.45) is 0 Å². The van der Waals surface area contributed by atoms with Gasteiger partial charge in [0.2, 0.25) is 0 Å². The molecule has 1 heterocycles. The predicted molar refractivity (Wildman–Crippen MR) is 39.8 cm³/mol. The Morgan fingerprint density at radius 1 is 1.78 bits per heavy atom. The van der Waals surface area contributed by atoms with Gasteiger partial charge in [-0.1, -0.05) is 0 Å². The number of hydrogen-bond acceptors (Lipinski definition) is 2. The van der Waals surface area contributed by atoms with Gasteiger partial charge in [0.15, 0.2) is 6.29 Å². The molecule has 0 aliphatic carbocycles. The molecule has 0 aliphatic rings. The molecule has 0 atom stereocenters. The van der Waals surface area contributed by atoms with E-state index in [0.717, 1.165) is 16.6 Å². The van der Waals surface area contributed by atoms with E-state index in [1.165, 1.54) is 11.3 Å². The van der Waals surface area contributed by atoms with Gasteiger partial charge >= 0.3 is 0 Å². The van der Waals surface area contributed by atoms with Crippen molar-refractivity contribution in [1.29, 1.82) is 0 Å². The van der Waals surface area contributed by atoms with Crippen molar-refractivity contribution in [2.45, 2.75) is 6.92 Å². The van der Waals surface area contributed by atoms with Crippen LogP contribution in [0.25, 0.3) is 0 Å². The Kier molecular flexibility index (Phi) is 1.71. The van der Waals surface area contributed by atoms with Gasteiger partial charge < -0.3 is 0 Å². The van der Waals surface area contributed by atoms with E-state index in [2.05, 4.69) is 0 Å². The van der Waals surface area contributed by atoms with E-state index in [-0.39, 0.29) is 0 Å². The fourth-order valence-electron chi connectivity index (χ4n) is 0.580. The average Bonchev–Trinajstić information content (AvgIpc) is 2.13. The summed E-state index contributed by atoms with van der Waals surface area (Å²) in [6.07, 6.45) is 0.814. The lowest BCUT2D eigenvalue weighted by Crippen LogP contribution is -1.96. The third kappa shape index (κ3) is 1.22. The molecule has 0 spiro atoms. The van der Waals surface area contributed by atoms with E-state index in [1.807, 2.05) is 6.92 Å². The topological polar surface area (TPSA) is 17.1 Å². The van der Waals surface area contributed by atoms with Crippen LogP contribution in [-0.2, 0) is 0 Å². The van der Waals surface area contributed by atoms with Crippen molar-refractivity contribution in [2.75, 3.05) is 0 Å². The van der Waals surface area contributed by atoms with Gasteiger partial charge in [0.1, 0.15) is 7.85 Å². The monoisotopic (exact) mass is 136 g/mol. The van der Waals surface area contributed by atoms with Crippen molar-refractivity contribution < 1.29 is 4.79 Å². The van der Waals surface area contributed by atoms with Crippen LogP contribution in [0.4, 0.5) is 0 Å². The lowest BCUT2D eigenvalue weighted by molar-refractivity contribution is 0.112. The summed E-state index contributed by atoms with van der Waals surface area (Å²) in [5.41, 5.74) is 0.988. The van der Waals surface area contributed by atoms with E-state index in [0.29, 0.717) is 4.88 Å². The van der Waals surface area contributed by atoms with Gasteiger partial charge in [-0.3, -0.25) is 4.79 Å². The minimum atomic E-state index is 0.699. The van der Waals surface area contributed by atoms with Crippen molar-refractivity contribution in [1.82, 2.24) is 0 Å². The molecule has 0 fully saturated rings. The lowest BCUT2D eigenvalue weighted by Gasteiger charge is -1.80. The van der Waals surface area contributed by atoms with E-state index in [1.54, 1.807) is 6.07 Å². The minimum absolute atomic E-state index is 0.699. The Bertz CT molecular complexity index is 209. The van der Waals surface area contributed by atoms with Crippen molar-refractivity contribution in [3.05, 3.63) is 16.5 Å². The number of aldehydes is 1. The highest BCUT2D eigenvalue weighted by atomic mass is 32.1. The molecule has 0 aliphatic heterocycles. The smallest absolute Gasteiger partial charge is 0.159 e. The predicted octanol–water partition coefficient (Wildman–Crippen LogP) is 0.663. The molecular formula is C6H5BOS. The minimum Gasteiger partial charge on any atom is -0.297 e. The zero-order chi connectivity index (χ0) is 6.85. The summed E-state index contributed by atoms with van der Waals surface area (Å²) in [4.78, 5) is 10.8. The third-order valence-electron chi connectivity index (χ3n) is 1.09. The molecule has 0 unspecified atom stereocenters. The average molecular weight is 136 g/mol. The first-order valence-corrected chi connectivity index (χ1v) is 3.37. The van der Waals surface area contributed by atoms with Gasteiger partial charge in [0.25, 0.3) is 0 Å². The van der Waals surface area contributed by atoms with Crippen LogP contribution in [0.5, 0.6) is 0 Å². The van der Waals surface area contributed by atoms with E-state index in [9.17, 15) is 4.79 Å². The standard InChI is InChI=1S/C6H5BOS/c1-4-2-5(3-8)9-6(4)7/h2-3H,1H3. The van der Waals surface area contributed by atoms with Crippen LogP contribution in [0.15, 0.2) is 6.07 Å². The zero-order valence-electron chi connectivity index (χ0n) is 5.05. The first-order valence-electron chi connectivity index (χ1n) is 2.55. The van der Waals surface area contributed by atoms with Gasteiger partial charge in [-0.25, -0.2) is 0 Å². The summed E-state index contributed by atoms with van der Waals surface area (Å²) in [6, 6.07) is 1.78. The molecule has 0 aromatic carbocycles. The number of carbonyl (C=O) groups is 1. The molecule has 9 heavy (non-hydrogen) atoms. The van der Waals surface area contributed by atoms with Crippen LogP contribution in [0.2, 0.25) is 0 Å². The molecule has 2 radical (unpaired) electrons. The molecule has 1 aromatic rings. The highest BCUT2D eigenvalue weighted by Crippen LogP contribution is 2.06. The normalized spacial score (nSPS) is 9.44. The van der Waals surface area contributed by atoms with E-state index in [4.69, 9.17) is 7.85 Å². The summed E-state index contributed by atoms with van der Waals surface area (Å²) in [5, 5.41) is 0. The summed E-state index contributed by atoms with van der Waals surface area (Å²) in [5.74, 6) is 0. The molecule has 1 rings (SSSR count). The second-order valence-electron chi connectivity index (χ2n) is 1.81. The van der Waals surface area contributed by atoms with Gasteiger partial charge in [0.05, 0.1) is 4.88 Å². The van der Waals surface area contributed by atoms with Gasteiger partial charge in [-0.05, 0) is 23.3 Å². The highest BCUT2D eigenvalue weighted by molar-refractivity contribution is 7.21. The maximum atomic E-state index is 10.1. The van der Waals surface area contributed by atoms with Gasteiger partial charge in [-0.15, -0.1) is 11.3 Å². The molecule has 44 valence electrons. The Morgan fingerprint density at radius 3 is 2.67 bits per heavy atom. The maximum Gasteiger partial charge on any atom is 0.159 e. The van der Waals surface area contributed by atoms with Crippen LogP contribution in [0, 0.1) is 6.92 Å². The second kappa shape index (κ2) is 2.35. The fourth-order valence-corrected chi connectivity index (χ4v) is 1.34. The quantitative estimate of drug-likeness (QED) is 0.409. The summed E-state index contributed by atoms with van der Waals surface area (Å²) >= 11 is 1.32. The largest absolute Gasteiger partial charge is 0.297 e. The number of hydrogen-bond donors (Lipinski definition) is 0. The van der Waals surface area contributed by atoms with Crippen molar-refractivity contribution in [3.8, 4) is 0 Å². The molecule has 1 nitrogen and oxygen atoms in total. The van der Waals surface area contributed by atoms with Gasteiger partial charge in [0, 0.05) is 0 Å². The second-order valence-corrected chi connectivity index (χ2v) is 2.93. The first-order chi connectivity index (χ1) is 4.24. The summed E-state index contributed by atoms with van der Waals surface area (Å²) in [7, 11) is 5.48. The molecule has 0 amide bonds. The number of rotatable bonds is 1. The Labute approximate surface area is 59.1 Å². The van der Waals surface area contributed by atoms with Crippen LogP contribution < -0.4 is 4.78 Å². The summed E-state index contributed by atoms with van der Waals surface area (Å²) < 4.78 is 0.733. The van der Waals surface area contributed by atoms with E-state index < -0.39 is 0 Å². The lowest BCUT2D eigenvalue weighted by atomic mass is 10.0. The number of thiophene rings is 1. The highest BCUT2D eigenvalue weighted by Gasteiger charge is 1.97. The SMILES string of the molecule is [B]c1sc(C=O)cc1C. The number of carbonyl (C=O) groups excluding carboxylic acids is 1. The molecule has 3 heteroatoms. The van der Waals surface area contributed by atoms with Gasteiger partial charge in [-0.2, -0.15) is 0 Å². The molecule has 0 saturated heterocycles. The molecule has 1 aromatic heterocycles. The Morgan fingerprint density at radius 2 is 2.44 bits per heavy atom. The first kappa shape index (κ1) is 6.55. The Balaban J connectivity index is 3.11. The van der Waals surface area contributed by atoms with Crippen molar-refractivity contribution in [3.63, 3.8) is 0 Å². The molecule has 0 bridgehead atoms. The molecule has 0 saturated carbocycles. The molecular weight excluding hydrogens is 131 g/mol. The third-order valence-corrected chi connectivity index (χ3v) is 2.08. The Hall–Kier alpha value is -0.565. The zero-order valence-corrected chi connectivity index (χ0v) is 5.87. The van der Waals surface area contributed by atoms with Crippen LogP contribution >= 0.6 is 11.3 Å². The molecule has 0 N–H and O–H groups in total.